The van der Waals surface area contributed by atoms with E-state index in [-0.39, 0.29) is 50.3 Å². The van der Waals surface area contributed by atoms with Crippen molar-refractivity contribution in [2.75, 3.05) is 23.0 Å². The first kappa shape index (κ1) is 38.6. The van der Waals surface area contributed by atoms with Gasteiger partial charge < -0.3 is 26.8 Å². The molecule has 1 aliphatic rings. The fraction of sp³-hybridized carbons (Fsp3) is 0.471. The Bertz CT molecular complexity index is 1560. The number of nitrogens with two attached hydrogens (primary N) is 2. The molecule has 2 aromatic carbocycles. The molecule has 0 unspecified atom stereocenters. The summed E-state index contributed by atoms with van der Waals surface area (Å²) in [4.78, 5) is 49.5. The number of hydrogen-bond donors (Lipinski definition) is 4. The lowest BCUT2D eigenvalue weighted by molar-refractivity contribution is -0.126. The second kappa shape index (κ2) is 18.6. The molecule has 14 heteroatoms. The molecule has 4 rings (SSSR count). The molecule has 0 fully saturated rings. The van der Waals surface area contributed by atoms with Gasteiger partial charge in [-0.3, -0.25) is 19.2 Å². The van der Waals surface area contributed by atoms with Crippen LogP contribution in [0.5, 0.6) is 0 Å². The van der Waals surface area contributed by atoms with Crippen LogP contribution in [0.15, 0.2) is 48.5 Å². The van der Waals surface area contributed by atoms with Crippen LogP contribution in [0.4, 0.5) is 5.69 Å². The van der Waals surface area contributed by atoms with Crippen LogP contribution in [0.3, 0.4) is 0 Å². The molecule has 0 saturated heterocycles. The number of amides is 4. The number of rotatable bonds is 15. The monoisotopic (exact) mass is 697 g/mol. The lowest BCUT2D eigenvalue weighted by atomic mass is 9.95. The van der Waals surface area contributed by atoms with Crippen LogP contribution >= 0.6 is 21.6 Å². The summed E-state index contributed by atoms with van der Waals surface area (Å²) in [6.45, 7) is 7.82. The number of primary amides is 2. The summed E-state index contributed by atoms with van der Waals surface area (Å²) in [5.41, 5.74) is 13.8. The van der Waals surface area contributed by atoms with Crippen LogP contribution in [0.2, 0.25) is 0 Å². The zero-order chi connectivity index (χ0) is 35.3. The number of fused-ring (bicyclic) bond motifs is 5. The fourth-order valence-electron chi connectivity index (χ4n) is 4.84. The topological polar surface area (TPSA) is 187 Å². The first-order valence-electron chi connectivity index (χ1n) is 16.0. The van der Waals surface area contributed by atoms with Gasteiger partial charge in [0, 0.05) is 41.9 Å². The van der Waals surface area contributed by atoms with E-state index in [9.17, 15) is 24.3 Å². The number of hydrogen-bond acceptors (Lipinski definition) is 9. The Balaban J connectivity index is 0.000000408. The molecule has 48 heavy (non-hydrogen) atoms. The number of nitrogens with one attached hydrogen (secondary N) is 1. The van der Waals surface area contributed by atoms with Crippen molar-refractivity contribution in [2.45, 2.75) is 78.4 Å². The van der Waals surface area contributed by atoms with Crippen molar-refractivity contribution < 1.29 is 24.3 Å². The highest BCUT2D eigenvalue weighted by molar-refractivity contribution is 8.76. The van der Waals surface area contributed by atoms with Gasteiger partial charge in [0.05, 0.1) is 30.1 Å². The SMILES string of the molecule is CC(C)(CO)NC(=O)CCC(=O)N1Cc2ccccc2-c2c(nnn2CC(N)=O)-c2ccccc21.CC(C)CCSSCCCC(N)=O. The van der Waals surface area contributed by atoms with Crippen molar-refractivity contribution in [3.8, 4) is 22.5 Å². The van der Waals surface area contributed by atoms with Crippen LogP contribution in [0.25, 0.3) is 22.5 Å². The van der Waals surface area contributed by atoms with Gasteiger partial charge in [0.1, 0.15) is 12.2 Å². The van der Waals surface area contributed by atoms with Crippen molar-refractivity contribution in [2.24, 2.45) is 17.4 Å². The number of carbonyl (C=O) groups is 4. The second-order valence-corrected chi connectivity index (χ2v) is 15.3. The first-order chi connectivity index (χ1) is 22.8. The number of aromatic nitrogens is 3. The first-order valence-corrected chi connectivity index (χ1v) is 18.5. The second-order valence-electron chi connectivity index (χ2n) is 12.6. The molecule has 12 nitrogen and oxygen atoms in total. The Morgan fingerprint density at radius 1 is 0.938 bits per heavy atom. The van der Waals surface area contributed by atoms with Gasteiger partial charge in [-0.25, -0.2) is 4.68 Å². The van der Waals surface area contributed by atoms with E-state index in [2.05, 4.69) is 29.5 Å². The third-order valence-corrected chi connectivity index (χ3v) is 9.87. The summed E-state index contributed by atoms with van der Waals surface area (Å²) in [5, 5.41) is 20.6. The van der Waals surface area contributed by atoms with Crippen molar-refractivity contribution >= 4 is 50.9 Å². The highest BCUT2D eigenvalue weighted by atomic mass is 33.1. The normalized spacial score (nSPS) is 12.1. The number of anilines is 1. The molecule has 0 atom stereocenters. The molecular weight excluding hydrogens is 651 g/mol. The third kappa shape index (κ3) is 11.7. The van der Waals surface area contributed by atoms with Crippen LogP contribution < -0.4 is 21.7 Å². The molecule has 3 aromatic rings. The Morgan fingerprint density at radius 2 is 1.60 bits per heavy atom. The van der Waals surface area contributed by atoms with Gasteiger partial charge in [0.25, 0.3) is 0 Å². The standard InChI is InChI=1S/C25H28N6O4.C9H19NOS2/c1-25(2,15-32)27-21(34)11-12-22(35)30-13-16-7-3-4-8-17(16)24-23(18-9-5-6-10-19(18)30)28-29-31(24)14-20(26)33;1-8(2)5-7-13-12-6-3-4-9(10)11/h3-10,32H,11-15H2,1-2H3,(H2,26,33)(H,27,34);8H,3-7H2,1-2H3,(H2,10,11). The van der Waals surface area contributed by atoms with Crippen molar-refractivity contribution in [1.82, 2.24) is 20.3 Å². The largest absolute Gasteiger partial charge is 0.394 e. The number of aliphatic hydroxyl groups is 1. The van der Waals surface area contributed by atoms with Gasteiger partial charge in [-0.2, -0.15) is 0 Å². The minimum atomic E-state index is -0.765. The zero-order valence-electron chi connectivity index (χ0n) is 28.1. The molecule has 0 spiro atoms. The van der Waals surface area contributed by atoms with Crippen molar-refractivity contribution in [3.63, 3.8) is 0 Å². The molecule has 0 aliphatic carbocycles. The van der Waals surface area contributed by atoms with E-state index in [1.54, 1.807) is 18.7 Å². The number of aliphatic hydroxyl groups excluding tert-OH is 1. The van der Waals surface area contributed by atoms with E-state index in [0.29, 0.717) is 29.1 Å². The van der Waals surface area contributed by atoms with E-state index in [1.807, 2.05) is 70.1 Å². The highest BCUT2D eigenvalue weighted by Gasteiger charge is 2.29. The summed E-state index contributed by atoms with van der Waals surface area (Å²) < 4.78 is 1.48. The average molecular weight is 698 g/mol. The molecule has 4 amide bonds. The van der Waals surface area contributed by atoms with Crippen molar-refractivity contribution in [1.29, 1.82) is 0 Å². The predicted octanol–water partition coefficient (Wildman–Crippen LogP) is 4.29. The molecule has 6 N–H and O–H groups in total. The van der Waals surface area contributed by atoms with E-state index in [1.165, 1.54) is 16.9 Å². The molecular formula is C34H47N7O5S2. The summed E-state index contributed by atoms with van der Waals surface area (Å²) in [6.07, 6.45) is 2.69. The molecule has 260 valence electrons. The lowest BCUT2D eigenvalue weighted by Crippen LogP contribution is -2.46. The lowest BCUT2D eigenvalue weighted by Gasteiger charge is -2.29. The molecule has 0 saturated carbocycles. The Morgan fingerprint density at radius 3 is 2.27 bits per heavy atom. The van der Waals surface area contributed by atoms with Crippen LogP contribution in [-0.2, 0) is 32.3 Å². The smallest absolute Gasteiger partial charge is 0.239 e. The van der Waals surface area contributed by atoms with E-state index >= 15 is 0 Å². The van der Waals surface area contributed by atoms with E-state index in [0.717, 1.165) is 29.2 Å². The van der Waals surface area contributed by atoms with Gasteiger partial charge in [-0.05, 0) is 44.2 Å². The van der Waals surface area contributed by atoms with Crippen molar-refractivity contribution in [3.05, 3.63) is 54.1 Å². The number of carbonyl (C=O) groups excluding carboxylic acids is 4. The van der Waals surface area contributed by atoms with E-state index in [4.69, 9.17) is 11.5 Å². The Kier molecular flexibility index (Phi) is 15.0. The molecule has 1 aromatic heterocycles. The summed E-state index contributed by atoms with van der Waals surface area (Å²) in [6, 6.07) is 14.9. The highest BCUT2D eigenvalue weighted by Crippen LogP contribution is 2.41. The van der Waals surface area contributed by atoms with Gasteiger partial charge in [0.15, 0.2) is 0 Å². The molecule has 2 heterocycles. The molecule has 1 aliphatic heterocycles. The average Bonchev–Trinajstić information content (AvgIpc) is 3.43. The predicted molar refractivity (Wildman–Crippen MR) is 193 cm³/mol. The number of para-hydroxylation sites is 1. The van der Waals surface area contributed by atoms with Crippen LogP contribution in [0.1, 0.15) is 65.4 Å². The van der Waals surface area contributed by atoms with Crippen LogP contribution in [0, 0.1) is 5.92 Å². The molecule has 0 bridgehead atoms. The number of nitrogens with zero attached hydrogens (tertiary/aromatic N) is 4. The fourth-order valence-corrected chi connectivity index (χ4v) is 7.25. The molecule has 0 radical (unpaired) electrons. The Hall–Kier alpha value is -3.88. The summed E-state index contributed by atoms with van der Waals surface area (Å²) in [7, 11) is 3.74. The van der Waals surface area contributed by atoms with Gasteiger partial charge in [-0.15, -0.1) is 5.10 Å². The minimum absolute atomic E-state index is 0.00886. The van der Waals surface area contributed by atoms with Gasteiger partial charge >= 0.3 is 0 Å². The maximum atomic E-state index is 13.4. The quantitative estimate of drug-likeness (QED) is 0.133. The summed E-state index contributed by atoms with van der Waals surface area (Å²) in [5.74, 6) is 1.77. The zero-order valence-corrected chi connectivity index (χ0v) is 29.7. The summed E-state index contributed by atoms with van der Waals surface area (Å²) >= 11 is 0. The van der Waals surface area contributed by atoms with E-state index < -0.39 is 11.4 Å². The van der Waals surface area contributed by atoms with Gasteiger partial charge in [0.2, 0.25) is 23.6 Å². The minimum Gasteiger partial charge on any atom is -0.394 e. The van der Waals surface area contributed by atoms with Crippen LogP contribution in [-0.4, -0.2) is 67.4 Å². The maximum absolute atomic E-state index is 13.4. The maximum Gasteiger partial charge on any atom is 0.239 e. The Labute approximate surface area is 290 Å². The van der Waals surface area contributed by atoms with Gasteiger partial charge in [-0.1, -0.05) is 83.1 Å². The number of benzene rings is 2. The third-order valence-electron chi connectivity index (χ3n) is 7.34.